The minimum Gasteiger partial charge on any atom is -0.475 e. The molecule has 1 aromatic heterocycles. The highest BCUT2D eigenvalue weighted by molar-refractivity contribution is 5.94. The molecular formula is C30H34F6N4O6. The minimum absolute atomic E-state index is 0.0683. The summed E-state index contributed by atoms with van der Waals surface area (Å²) in [6.07, 6.45) is -3.77. The Hall–Kier alpha value is -4.21. The molecule has 2 spiro atoms. The van der Waals surface area contributed by atoms with Crippen LogP contribution in [0.25, 0.3) is 0 Å². The quantitative estimate of drug-likeness (QED) is 0.468. The highest BCUT2D eigenvalue weighted by atomic mass is 19.4. The number of likely N-dealkylation sites (tertiary alicyclic amines) is 3. The molecule has 2 aromatic rings. The topological polar surface area (TPSA) is 131 Å². The average Bonchev–Trinajstić information content (AvgIpc) is 3.44. The summed E-state index contributed by atoms with van der Waals surface area (Å²) >= 11 is 0. The van der Waals surface area contributed by atoms with E-state index in [9.17, 15) is 35.9 Å². The third kappa shape index (κ3) is 8.33. The number of carbonyl (C=O) groups excluding carboxylic acids is 2. The zero-order valence-electron chi connectivity index (χ0n) is 25.1. The Morgan fingerprint density at radius 2 is 1.41 bits per heavy atom. The van der Waals surface area contributed by atoms with Gasteiger partial charge in [-0.15, -0.1) is 0 Å². The van der Waals surface area contributed by atoms with Crippen molar-refractivity contribution in [2.45, 2.75) is 45.1 Å². The van der Waals surface area contributed by atoms with Crippen molar-refractivity contribution in [3.8, 4) is 0 Å². The summed E-state index contributed by atoms with van der Waals surface area (Å²) in [5.41, 5.74) is 2.70. The van der Waals surface area contributed by atoms with Crippen molar-refractivity contribution >= 4 is 23.8 Å². The lowest BCUT2D eigenvalue weighted by molar-refractivity contribution is -0.193. The van der Waals surface area contributed by atoms with Crippen LogP contribution in [0.2, 0.25) is 0 Å². The van der Waals surface area contributed by atoms with Crippen LogP contribution in [0.3, 0.4) is 0 Å². The number of rotatable bonds is 3. The molecule has 2 amide bonds. The molecule has 10 nitrogen and oxygen atoms in total. The van der Waals surface area contributed by atoms with Crippen LogP contribution < -0.4 is 0 Å². The zero-order chi connectivity index (χ0) is 34.5. The van der Waals surface area contributed by atoms with Crippen molar-refractivity contribution in [2.24, 2.45) is 10.8 Å². The van der Waals surface area contributed by atoms with E-state index in [-0.39, 0.29) is 16.7 Å². The molecule has 1 atom stereocenters. The van der Waals surface area contributed by atoms with Gasteiger partial charge in [-0.25, -0.2) is 9.59 Å². The van der Waals surface area contributed by atoms with Gasteiger partial charge in [0.1, 0.15) is 0 Å². The Balaban J connectivity index is 0.000000345. The van der Waals surface area contributed by atoms with Crippen LogP contribution in [-0.2, 0) is 20.9 Å². The molecule has 1 unspecified atom stereocenters. The number of carbonyl (C=O) groups is 4. The molecule has 3 saturated heterocycles. The first-order chi connectivity index (χ1) is 21.3. The smallest absolute Gasteiger partial charge is 0.475 e. The molecule has 0 radical (unpaired) electrons. The fraction of sp³-hybridized carbons (Fsp3) is 0.500. The van der Waals surface area contributed by atoms with Crippen molar-refractivity contribution in [1.29, 1.82) is 0 Å². The third-order valence-electron chi connectivity index (χ3n) is 8.59. The Bertz CT molecular complexity index is 1370. The molecule has 4 heterocycles. The number of carboxylic acids is 2. The number of halogens is 6. The van der Waals surface area contributed by atoms with E-state index in [1.807, 2.05) is 60.3 Å². The predicted octanol–water partition coefficient (Wildman–Crippen LogP) is 4.24. The van der Waals surface area contributed by atoms with E-state index >= 15 is 0 Å². The largest absolute Gasteiger partial charge is 0.490 e. The van der Waals surface area contributed by atoms with Crippen molar-refractivity contribution in [3.63, 3.8) is 0 Å². The first-order valence-corrected chi connectivity index (χ1v) is 14.1. The van der Waals surface area contributed by atoms with Crippen LogP contribution in [0.1, 0.15) is 40.7 Å². The summed E-state index contributed by atoms with van der Waals surface area (Å²) in [5, 5.41) is 14.2. The van der Waals surface area contributed by atoms with Gasteiger partial charge in [-0.3, -0.25) is 19.5 Å². The first-order valence-electron chi connectivity index (χ1n) is 14.1. The summed E-state index contributed by atoms with van der Waals surface area (Å²) in [6, 6.07) is 11.9. The lowest BCUT2D eigenvalue weighted by Crippen LogP contribution is -2.53. The van der Waals surface area contributed by atoms with E-state index in [2.05, 4.69) is 16.0 Å². The molecule has 3 aliphatic heterocycles. The van der Waals surface area contributed by atoms with Gasteiger partial charge in [-0.05, 0) is 49.9 Å². The fourth-order valence-corrected chi connectivity index (χ4v) is 6.27. The number of aliphatic carboxylic acids is 2. The SMILES string of the molecule is Cc1ccc(C(=O)N2CCC3(CC2)CN(Cc2cccnc2)CC32CCN(C)C2=O)cc1.O=C(O)C(F)(F)F.O=C(O)C(F)(F)F. The van der Waals surface area contributed by atoms with Crippen LogP contribution in [0.15, 0.2) is 48.8 Å². The summed E-state index contributed by atoms with van der Waals surface area (Å²) in [4.78, 5) is 55.0. The lowest BCUT2D eigenvalue weighted by atomic mass is 9.60. The second kappa shape index (κ2) is 14.1. The van der Waals surface area contributed by atoms with E-state index in [1.165, 1.54) is 5.56 Å². The van der Waals surface area contributed by atoms with Crippen molar-refractivity contribution in [2.75, 3.05) is 39.8 Å². The number of amides is 2. The van der Waals surface area contributed by atoms with Gasteiger partial charge in [0.15, 0.2) is 0 Å². The molecule has 3 fully saturated rings. The summed E-state index contributed by atoms with van der Waals surface area (Å²) in [5.74, 6) is -5.11. The summed E-state index contributed by atoms with van der Waals surface area (Å²) in [7, 11) is 1.94. The summed E-state index contributed by atoms with van der Waals surface area (Å²) < 4.78 is 63.5. The fourth-order valence-electron chi connectivity index (χ4n) is 6.27. The maximum Gasteiger partial charge on any atom is 0.490 e. The molecule has 0 saturated carbocycles. The van der Waals surface area contributed by atoms with Crippen molar-refractivity contribution in [1.82, 2.24) is 19.7 Å². The van der Waals surface area contributed by atoms with Gasteiger partial charge in [0.2, 0.25) is 5.91 Å². The number of piperidine rings is 1. The van der Waals surface area contributed by atoms with E-state index in [1.54, 1.807) is 6.20 Å². The summed E-state index contributed by atoms with van der Waals surface area (Å²) in [6.45, 7) is 6.82. The number of carboxylic acid groups (broad SMARTS) is 2. The molecule has 252 valence electrons. The number of hydrogen-bond donors (Lipinski definition) is 2. The molecule has 2 N–H and O–H groups in total. The Morgan fingerprint density at radius 3 is 1.85 bits per heavy atom. The minimum atomic E-state index is -5.08. The number of pyridine rings is 1. The van der Waals surface area contributed by atoms with Gasteiger partial charge < -0.3 is 20.0 Å². The molecule has 0 bridgehead atoms. The molecule has 46 heavy (non-hydrogen) atoms. The Kier molecular flexibility index (Phi) is 11.1. The number of benzene rings is 1. The van der Waals surface area contributed by atoms with Gasteiger partial charge in [-0.2, -0.15) is 26.3 Å². The molecule has 3 aliphatic rings. The van der Waals surface area contributed by atoms with Crippen molar-refractivity contribution in [3.05, 3.63) is 65.5 Å². The highest BCUT2D eigenvalue weighted by Crippen LogP contribution is 2.58. The van der Waals surface area contributed by atoms with Gasteiger partial charge in [0.25, 0.3) is 5.91 Å². The van der Waals surface area contributed by atoms with Crippen LogP contribution >= 0.6 is 0 Å². The van der Waals surface area contributed by atoms with Gasteiger partial charge >= 0.3 is 24.3 Å². The van der Waals surface area contributed by atoms with E-state index in [0.717, 1.165) is 56.6 Å². The van der Waals surface area contributed by atoms with Crippen LogP contribution in [0.5, 0.6) is 0 Å². The molecule has 1 aromatic carbocycles. The number of aryl methyl sites for hydroxylation is 1. The molecule has 16 heteroatoms. The maximum absolute atomic E-state index is 13.5. The van der Waals surface area contributed by atoms with Crippen LogP contribution in [-0.4, -0.2) is 106 Å². The second-order valence-corrected chi connectivity index (χ2v) is 11.6. The number of hydrogen-bond acceptors (Lipinski definition) is 6. The van der Waals surface area contributed by atoms with Crippen molar-refractivity contribution < 1.29 is 55.7 Å². The Labute approximate surface area is 260 Å². The molecule has 5 rings (SSSR count). The molecular weight excluding hydrogens is 626 g/mol. The average molecular weight is 661 g/mol. The number of alkyl halides is 6. The van der Waals surface area contributed by atoms with E-state index in [4.69, 9.17) is 19.8 Å². The highest BCUT2D eigenvalue weighted by Gasteiger charge is 2.64. The first kappa shape index (κ1) is 36.3. The maximum atomic E-state index is 13.5. The predicted molar refractivity (Wildman–Crippen MR) is 150 cm³/mol. The standard InChI is InChI=1S/C26H32N4O2.2C2HF3O2/c1-20-5-7-22(8-6-20)23(31)30-14-9-25(10-15-30)18-29(17-21-4-3-12-27-16-21)19-26(25)11-13-28(2)24(26)32;2*3-2(4,5)1(6)7/h3-8,12,16H,9-11,13-15,17-19H2,1-2H3;2*(H,6,7). The van der Waals surface area contributed by atoms with Gasteiger partial charge in [-0.1, -0.05) is 23.8 Å². The van der Waals surface area contributed by atoms with E-state index < -0.39 is 24.3 Å². The number of aromatic nitrogens is 1. The monoisotopic (exact) mass is 660 g/mol. The van der Waals surface area contributed by atoms with Gasteiger partial charge in [0.05, 0.1) is 5.41 Å². The van der Waals surface area contributed by atoms with Gasteiger partial charge in [0, 0.05) is 69.7 Å². The zero-order valence-corrected chi connectivity index (χ0v) is 25.1. The number of nitrogens with zero attached hydrogens (tertiary/aromatic N) is 4. The normalized spacial score (nSPS) is 21.0. The Morgan fingerprint density at radius 1 is 0.870 bits per heavy atom. The third-order valence-corrected chi connectivity index (χ3v) is 8.59. The van der Waals surface area contributed by atoms with Crippen LogP contribution in [0.4, 0.5) is 26.3 Å². The van der Waals surface area contributed by atoms with E-state index in [0.29, 0.717) is 19.0 Å². The number of fused-ring (bicyclic) bond motifs is 1. The van der Waals surface area contributed by atoms with Crippen LogP contribution in [0, 0.1) is 17.8 Å². The second-order valence-electron chi connectivity index (χ2n) is 11.6. The lowest BCUT2D eigenvalue weighted by Gasteiger charge is -2.47. The molecule has 0 aliphatic carbocycles.